The molecule has 3 N–H and O–H groups in total. The van der Waals surface area contributed by atoms with E-state index in [0.717, 1.165) is 17.7 Å². The third-order valence-corrected chi connectivity index (χ3v) is 3.28. The Morgan fingerprint density at radius 3 is 2.32 bits per heavy atom. The fourth-order valence-electron chi connectivity index (χ4n) is 2.03. The Morgan fingerprint density at radius 2 is 1.68 bits per heavy atom. The summed E-state index contributed by atoms with van der Waals surface area (Å²) in [5.74, 6) is -0.221. The summed E-state index contributed by atoms with van der Waals surface area (Å²) in [5.41, 5.74) is 1.97. The Morgan fingerprint density at radius 1 is 1.05 bits per heavy atom. The van der Waals surface area contributed by atoms with Gasteiger partial charge in [0.15, 0.2) is 0 Å². The summed E-state index contributed by atoms with van der Waals surface area (Å²) in [6.07, 6.45) is -0.498. The molecule has 0 aliphatic carbocycles. The van der Waals surface area contributed by atoms with Crippen molar-refractivity contribution in [2.75, 3.05) is 0 Å². The van der Waals surface area contributed by atoms with E-state index < -0.39 is 6.10 Å². The predicted molar refractivity (Wildman–Crippen MR) is 72.9 cm³/mol. The van der Waals surface area contributed by atoms with Gasteiger partial charge in [-0.1, -0.05) is 42.5 Å². The fourth-order valence-corrected chi connectivity index (χ4v) is 2.03. The zero-order valence-corrected chi connectivity index (χ0v) is 11.0. The Hall–Kier alpha value is -1.71. The Balaban J connectivity index is 1.90. The van der Waals surface area contributed by atoms with Crippen LogP contribution in [0.25, 0.3) is 0 Å². The van der Waals surface area contributed by atoms with Gasteiger partial charge in [-0.3, -0.25) is 0 Å². The van der Waals surface area contributed by atoms with Crippen molar-refractivity contribution >= 4 is 0 Å². The second-order valence-corrected chi connectivity index (χ2v) is 4.78. The lowest BCUT2D eigenvalue weighted by Crippen LogP contribution is -2.88. The lowest BCUT2D eigenvalue weighted by atomic mass is 10.0. The highest BCUT2D eigenvalue weighted by Gasteiger charge is 2.18. The smallest absolute Gasteiger partial charge is 0.130 e. The molecular weight excluding hydrogens is 241 g/mol. The van der Waals surface area contributed by atoms with Crippen molar-refractivity contribution in [3.63, 3.8) is 0 Å². The molecule has 19 heavy (non-hydrogen) atoms. The number of aliphatic hydroxyl groups is 1. The Bertz CT molecular complexity index is 498. The molecule has 2 aromatic carbocycles. The molecule has 0 aliphatic heterocycles. The van der Waals surface area contributed by atoms with E-state index in [1.165, 1.54) is 12.1 Å². The number of halogens is 1. The number of aliphatic hydroxyl groups excluding tert-OH is 1. The molecule has 3 heteroatoms. The Kier molecular flexibility index (Phi) is 4.66. The average Bonchev–Trinajstić information content (AvgIpc) is 2.46. The molecule has 0 radical (unpaired) electrons. The second-order valence-electron chi connectivity index (χ2n) is 4.78. The monoisotopic (exact) mass is 260 g/mol. The van der Waals surface area contributed by atoms with Crippen molar-refractivity contribution in [2.24, 2.45) is 0 Å². The van der Waals surface area contributed by atoms with Gasteiger partial charge in [-0.2, -0.15) is 0 Å². The number of hydrogen-bond donors (Lipinski definition) is 2. The van der Waals surface area contributed by atoms with Crippen molar-refractivity contribution in [3.05, 3.63) is 71.5 Å². The zero-order chi connectivity index (χ0) is 13.7. The van der Waals surface area contributed by atoms with Crippen molar-refractivity contribution in [1.29, 1.82) is 0 Å². The van der Waals surface area contributed by atoms with Gasteiger partial charge in [0.1, 0.15) is 24.5 Å². The summed E-state index contributed by atoms with van der Waals surface area (Å²) in [7, 11) is 0. The van der Waals surface area contributed by atoms with E-state index in [4.69, 9.17) is 0 Å². The van der Waals surface area contributed by atoms with Gasteiger partial charge in [-0.25, -0.2) is 4.39 Å². The quantitative estimate of drug-likeness (QED) is 0.848. The predicted octanol–water partition coefficient (Wildman–Crippen LogP) is 2.01. The summed E-state index contributed by atoms with van der Waals surface area (Å²) in [6.45, 7) is 2.71. The summed E-state index contributed by atoms with van der Waals surface area (Å²) in [4.78, 5) is 0. The number of nitrogens with two attached hydrogens (primary N) is 1. The molecule has 0 amide bonds. The van der Waals surface area contributed by atoms with Crippen molar-refractivity contribution in [1.82, 2.24) is 0 Å². The van der Waals surface area contributed by atoms with Gasteiger partial charge in [0.25, 0.3) is 0 Å². The summed E-state index contributed by atoms with van der Waals surface area (Å²) in [5, 5.41) is 12.3. The highest BCUT2D eigenvalue weighted by Crippen LogP contribution is 2.13. The molecule has 0 saturated heterocycles. The topological polar surface area (TPSA) is 36.8 Å². The van der Waals surface area contributed by atoms with Crippen LogP contribution in [-0.2, 0) is 6.54 Å². The van der Waals surface area contributed by atoms with Crippen molar-refractivity contribution in [2.45, 2.75) is 25.6 Å². The highest BCUT2D eigenvalue weighted by atomic mass is 19.1. The first-order valence-corrected chi connectivity index (χ1v) is 6.47. The molecule has 0 bridgehead atoms. The number of rotatable bonds is 5. The maximum Gasteiger partial charge on any atom is 0.130 e. The molecule has 2 rings (SSSR count). The largest absolute Gasteiger partial charge is 0.382 e. The fraction of sp³-hybridized carbons (Fsp3) is 0.250. The van der Waals surface area contributed by atoms with Crippen molar-refractivity contribution in [3.8, 4) is 0 Å². The summed E-state index contributed by atoms with van der Waals surface area (Å²) < 4.78 is 12.8. The van der Waals surface area contributed by atoms with E-state index in [2.05, 4.69) is 5.32 Å². The van der Waals surface area contributed by atoms with Crippen LogP contribution >= 0.6 is 0 Å². The molecule has 0 spiro atoms. The zero-order valence-electron chi connectivity index (χ0n) is 11.0. The van der Waals surface area contributed by atoms with E-state index in [1.54, 1.807) is 12.1 Å². The van der Waals surface area contributed by atoms with Crippen molar-refractivity contribution < 1.29 is 14.8 Å². The van der Waals surface area contributed by atoms with E-state index in [-0.39, 0.29) is 11.9 Å². The molecule has 2 aromatic rings. The number of quaternary nitrogens is 1. The van der Waals surface area contributed by atoms with Gasteiger partial charge < -0.3 is 10.4 Å². The molecule has 0 fully saturated rings. The van der Waals surface area contributed by atoms with Crippen LogP contribution in [-0.4, -0.2) is 11.1 Å². The number of benzene rings is 2. The van der Waals surface area contributed by atoms with Gasteiger partial charge in [-0.05, 0) is 24.6 Å². The molecule has 0 aliphatic rings. The maximum absolute atomic E-state index is 12.8. The first-order valence-electron chi connectivity index (χ1n) is 6.47. The normalized spacial score (nSPS) is 14.1. The lowest BCUT2D eigenvalue weighted by Gasteiger charge is -2.17. The summed E-state index contributed by atoms with van der Waals surface area (Å²) >= 11 is 0. The van der Waals surface area contributed by atoms with E-state index >= 15 is 0 Å². The lowest BCUT2D eigenvalue weighted by molar-refractivity contribution is -0.709. The standard InChI is InChI=1S/C16H18FNO/c1-12(16(19)14-5-3-2-4-6-14)18-11-13-7-9-15(17)10-8-13/h2-10,12,16,18-19H,11H2,1H3/p+1/t12-,16-/m1/s1. The van der Waals surface area contributed by atoms with Gasteiger partial charge in [0.05, 0.1) is 0 Å². The second kappa shape index (κ2) is 6.45. The van der Waals surface area contributed by atoms with Gasteiger partial charge >= 0.3 is 0 Å². The van der Waals surface area contributed by atoms with Crippen LogP contribution in [0.2, 0.25) is 0 Å². The average molecular weight is 260 g/mol. The van der Waals surface area contributed by atoms with Crippen LogP contribution < -0.4 is 5.32 Å². The minimum atomic E-state index is -0.498. The third kappa shape index (κ3) is 3.88. The molecular formula is C16H19FNO+. The van der Waals surface area contributed by atoms with Crippen LogP contribution in [0.3, 0.4) is 0 Å². The molecule has 0 unspecified atom stereocenters. The SMILES string of the molecule is C[C@@H]([NH2+]Cc1ccc(F)cc1)[C@@H](O)c1ccccc1. The Labute approximate surface area is 112 Å². The van der Waals surface area contributed by atoms with E-state index in [1.807, 2.05) is 37.3 Å². The molecule has 0 heterocycles. The van der Waals surface area contributed by atoms with E-state index in [0.29, 0.717) is 0 Å². The van der Waals surface area contributed by atoms with Crippen LogP contribution in [0.1, 0.15) is 24.2 Å². The molecule has 2 atom stereocenters. The molecule has 0 saturated carbocycles. The maximum atomic E-state index is 12.8. The number of hydrogen-bond acceptors (Lipinski definition) is 1. The van der Waals surface area contributed by atoms with Gasteiger partial charge in [-0.15, -0.1) is 0 Å². The van der Waals surface area contributed by atoms with Crippen LogP contribution in [0.4, 0.5) is 4.39 Å². The highest BCUT2D eigenvalue weighted by molar-refractivity contribution is 5.18. The summed E-state index contributed by atoms with van der Waals surface area (Å²) in [6, 6.07) is 16.1. The molecule has 2 nitrogen and oxygen atoms in total. The van der Waals surface area contributed by atoms with Crippen LogP contribution in [0.5, 0.6) is 0 Å². The van der Waals surface area contributed by atoms with Crippen LogP contribution in [0, 0.1) is 5.82 Å². The minimum Gasteiger partial charge on any atom is -0.382 e. The minimum absolute atomic E-state index is 0.0486. The molecule has 0 aromatic heterocycles. The first-order chi connectivity index (χ1) is 9.16. The van der Waals surface area contributed by atoms with E-state index in [9.17, 15) is 9.50 Å². The first kappa shape index (κ1) is 13.7. The van der Waals surface area contributed by atoms with Crippen LogP contribution in [0.15, 0.2) is 54.6 Å². The van der Waals surface area contributed by atoms with Gasteiger partial charge in [0.2, 0.25) is 0 Å². The third-order valence-electron chi connectivity index (χ3n) is 3.28. The molecule has 100 valence electrons. The van der Waals surface area contributed by atoms with Gasteiger partial charge in [0, 0.05) is 5.56 Å².